The lowest BCUT2D eigenvalue weighted by molar-refractivity contribution is -0.149. The number of fused-ring (bicyclic) bond motifs is 1. The van der Waals surface area contributed by atoms with E-state index in [-0.39, 0.29) is 0 Å². The standard InChI is InChI=1S/C14H18O3/c1-13(2)11(12(15)16)9-7-5-6-8-10(9)17-14(13,3)4/h5-8,11H,1-4H3,(H,15,16). The zero-order valence-electron chi connectivity index (χ0n) is 10.7. The van der Waals surface area contributed by atoms with Crippen LogP contribution in [0, 0.1) is 5.41 Å². The van der Waals surface area contributed by atoms with Gasteiger partial charge in [0.2, 0.25) is 0 Å². The summed E-state index contributed by atoms with van der Waals surface area (Å²) in [4.78, 5) is 11.6. The number of aliphatic carboxylic acids is 1. The Bertz CT molecular complexity index is 460. The Morgan fingerprint density at radius 1 is 1.24 bits per heavy atom. The minimum atomic E-state index is -0.793. The lowest BCUT2D eigenvalue weighted by Crippen LogP contribution is -2.52. The van der Waals surface area contributed by atoms with E-state index in [1.165, 1.54) is 0 Å². The van der Waals surface area contributed by atoms with Crippen molar-refractivity contribution in [2.75, 3.05) is 0 Å². The maximum atomic E-state index is 11.6. The van der Waals surface area contributed by atoms with Crippen molar-refractivity contribution in [3.63, 3.8) is 0 Å². The molecule has 0 radical (unpaired) electrons. The smallest absolute Gasteiger partial charge is 0.311 e. The normalized spacial score (nSPS) is 24.6. The highest BCUT2D eigenvalue weighted by molar-refractivity contribution is 5.79. The van der Waals surface area contributed by atoms with Crippen molar-refractivity contribution in [1.29, 1.82) is 0 Å². The first-order chi connectivity index (χ1) is 7.77. The second-order valence-electron chi connectivity index (χ2n) is 5.64. The molecular formula is C14H18O3. The molecule has 0 amide bonds. The topological polar surface area (TPSA) is 46.5 Å². The van der Waals surface area contributed by atoms with Gasteiger partial charge in [-0.1, -0.05) is 32.0 Å². The Hall–Kier alpha value is -1.51. The summed E-state index contributed by atoms with van der Waals surface area (Å²) >= 11 is 0. The summed E-state index contributed by atoms with van der Waals surface area (Å²) in [6.07, 6.45) is 0. The molecule has 1 aliphatic heterocycles. The Labute approximate surface area is 101 Å². The van der Waals surface area contributed by atoms with Gasteiger partial charge in [0.25, 0.3) is 0 Å². The van der Waals surface area contributed by atoms with Gasteiger partial charge in [0.05, 0.1) is 5.92 Å². The van der Waals surface area contributed by atoms with Crippen LogP contribution in [-0.2, 0) is 4.79 Å². The van der Waals surface area contributed by atoms with Gasteiger partial charge < -0.3 is 9.84 Å². The average Bonchev–Trinajstić information content (AvgIpc) is 2.17. The monoisotopic (exact) mass is 234 g/mol. The molecule has 0 saturated heterocycles. The molecule has 1 aromatic rings. The minimum absolute atomic E-state index is 0.465. The third-order valence-electron chi connectivity index (χ3n) is 4.12. The van der Waals surface area contributed by atoms with Crippen LogP contribution in [0.25, 0.3) is 0 Å². The molecule has 1 aromatic carbocycles. The fourth-order valence-corrected chi connectivity index (χ4v) is 2.40. The van der Waals surface area contributed by atoms with Crippen LogP contribution in [0.2, 0.25) is 0 Å². The second-order valence-corrected chi connectivity index (χ2v) is 5.64. The Kier molecular flexibility index (Phi) is 2.45. The molecule has 0 aliphatic carbocycles. The van der Waals surface area contributed by atoms with Gasteiger partial charge in [-0.15, -0.1) is 0 Å². The molecule has 2 rings (SSSR count). The molecule has 1 unspecified atom stereocenters. The van der Waals surface area contributed by atoms with Crippen molar-refractivity contribution < 1.29 is 14.6 Å². The van der Waals surface area contributed by atoms with Crippen LogP contribution in [0.3, 0.4) is 0 Å². The van der Waals surface area contributed by atoms with E-state index in [2.05, 4.69) is 0 Å². The lowest BCUT2D eigenvalue weighted by Gasteiger charge is -2.49. The van der Waals surface area contributed by atoms with Gasteiger partial charge in [-0.25, -0.2) is 0 Å². The summed E-state index contributed by atoms with van der Waals surface area (Å²) in [6, 6.07) is 7.39. The van der Waals surface area contributed by atoms with Crippen molar-refractivity contribution in [3.05, 3.63) is 29.8 Å². The maximum absolute atomic E-state index is 11.6. The summed E-state index contributed by atoms with van der Waals surface area (Å²) < 4.78 is 5.95. The van der Waals surface area contributed by atoms with Crippen molar-refractivity contribution in [3.8, 4) is 5.75 Å². The molecule has 17 heavy (non-hydrogen) atoms. The number of carboxylic acids is 1. The fourth-order valence-electron chi connectivity index (χ4n) is 2.40. The predicted octanol–water partition coefficient (Wildman–Crippen LogP) is 3.05. The summed E-state index contributed by atoms with van der Waals surface area (Å²) in [7, 11) is 0. The number of benzene rings is 1. The summed E-state index contributed by atoms with van der Waals surface area (Å²) in [5.41, 5.74) is -0.207. The van der Waals surface area contributed by atoms with Gasteiger partial charge >= 0.3 is 5.97 Å². The SMILES string of the molecule is CC1(C)Oc2ccccc2C(C(=O)O)C1(C)C. The van der Waals surface area contributed by atoms with Gasteiger partial charge in [0.1, 0.15) is 11.4 Å². The van der Waals surface area contributed by atoms with E-state index in [9.17, 15) is 9.90 Å². The number of ether oxygens (including phenoxy) is 1. The summed E-state index contributed by atoms with van der Waals surface area (Å²) in [5.74, 6) is -0.648. The summed E-state index contributed by atoms with van der Waals surface area (Å²) in [6.45, 7) is 7.78. The van der Waals surface area contributed by atoms with Crippen molar-refractivity contribution in [2.24, 2.45) is 5.41 Å². The van der Waals surface area contributed by atoms with Gasteiger partial charge in [-0.3, -0.25) is 4.79 Å². The number of carbonyl (C=O) groups is 1. The largest absolute Gasteiger partial charge is 0.487 e. The van der Waals surface area contributed by atoms with Gasteiger partial charge in [0.15, 0.2) is 0 Å². The average molecular weight is 234 g/mol. The van der Waals surface area contributed by atoms with E-state index in [0.717, 1.165) is 5.56 Å². The molecule has 0 saturated carbocycles. The quantitative estimate of drug-likeness (QED) is 0.812. The highest BCUT2D eigenvalue weighted by Crippen LogP contribution is 2.52. The highest BCUT2D eigenvalue weighted by Gasteiger charge is 2.53. The van der Waals surface area contributed by atoms with Crippen LogP contribution in [0.4, 0.5) is 0 Å². The molecule has 0 spiro atoms. The molecule has 3 heteroatoms. The third kappa shape index (κ3) is 1.61. The van der Waals surface area contributed by atoms with E-state index in [1.54, 1.807) is 0 Å². The molecule has 0 bridgehead atoms. The van der Waals surface area contributed by atoms with Crippen LogP contribution >= 0.6 is 0 Å². The number of carboxylic acid groups (broad SMARTS) is 1. The molecule has 0 fully saturated rings. The molecule has 92 valence electrons. The van der Waals surface area contributed by atoms with Crippen molar-refractivity contribution >= 4 is 5.97 Å². The minimum Gasteiger partial charge on any atom is -0.487 e. The molecular weight excluding hydrogens is 216 g/mol. The van der Waals surface area contributed by atoms with E-state index >= 15 is 0 Å². The first-order valence-electron chi connectivity index (χ1n) is 5.78. The van der Waals surface area contributed by atoms with Crippen LogP contribution < -0.4 is 4.74 Å². The van der Waals surface area contributed by atoms with Crippen molar-refractivity contribution in [1.82, 2.24) is 0 Å². The van der Waals surface area contributed by atoms with Gasteiger partial charge in [-0.2, -0.15) is 0 Å². The van der Waals surface area contributed by atoms with Crippen molar-refractivity contribution in [2.45, 2.75) is 39.2 Å². The Morgan fingerprint density at radius 3 is 2.41 bits per heavy atom. The zero-order valence-corrected chi connectivity index (χ0v) is 10.7. The lowest BCUT2D eigenvalue weighted by atomic mass is 9.63. The second kappa shape index (κ2) is 3.49. The van der Waals surface area contributed by atoms with Crippen LogP contribution in [0.1, 0.15) is 39.2 Å². The third-order valence-corrected chi connectivity index (χ3v) is 4.12. The number of hydrogen-bond acceptors (Lipinski definition) is 2. The van der Waals surface area contributed by atoms with Crippen LogP contribution in [0.15, 0.2) is 24.3 Å². The van der Waals surface area contributed by atoms with Crippen LogP contribution in [-0.4, -0.2) is 16.7 Å². The van der Waals surface area contributed by atoms with E-state index in [0.29, 0.717) is 5.75 Å². The van der Waals surface area contributed by atoms with Gasteiger partial charge in [-0.05, 0) is 19.9 Å². The number of para-hydroxylation sites is 1. The van der Waals surface area contributed by atoms with Gasteiger partial charge in [0, 0.05) is 11.0 Å². The van der Waals surface area contributed by atoms with Crippen LogP contribution in [0.5, 0.6) is 5.75 Å². The van der Waals surface area contributed by atoms with E-state index < -0.39 is 22.9 Å². The Morgan fingerprint density at radius 2 is 1.82 bits per heavy atom. The molecule has 1 aliphatic rings. The Balaban J connectivity index is 2.65. The molecule has 1 N–H and O–H groups in total. The maximum Gasteiger partial charge on any atom is 0.311 e. The molecule has 0 aromatic heterocycles. The highest BCUT2D eigenvalue weighted by atomic mass is 16.5. The predicted molar refractivity (Wildman–Crippen MR) is 65.3 cm³/mol. The summed E-state index contributed by atoms with van der Waals surface area (Å²) in [5, 5.41) is 9.50. The molecule has 1 heterocycles. The number of rotatable bonds is 1. The fraction of sp³-hybridized carbons (Fsp3) is 0.500. The first-order valence-corrected chi connectivity index (χ1v) is 5.78. The van der Waals surface area contributed by atoms with E-state index in [4.69, 9.17) is 4.74 Å². The zero-order chi connectivity index (χ0) is 12.8. The first kappa shape index (κ1) is 12.0. The van der Waals surface area contributed by atoms with E-state index in [1.807, 2.05) is 52.0 Å². The molecule has 1 atom stereocenters. The number of hydrogen-bond donors (Lipinski definition) is 1. The molecule has 3 nitrogen and oxygen atoms in total.